The molecule has 3 aromatic rings. The second-order valence-corrected chi connectivity index (χ2v) is 5.34. The number of anilines is 1. The van der Waals surface area contributed by atoms with Crippen molar-refractivity contribution in [2.24, 2.45) is 0 Å². The Morgan fingerprint density at radius 2 is 1.96 bits per heavy atom. The number of aromatic amines is 1. The summed E-state index contributed by atoms with van der Waals surface area (Å²) in [6.07, 6.45) is 1.86. The predicted octanol–water partition coefficient (Wildman–Crippen LogP) is 3.19. The smallest absolute Gasteiger partial charge is 0.322 e. The van der Waals surface area contributed by atoms with Crippen molar-refractivity contribution in [1.82, 2.24) is 9.88 Å². The number of nitrogens with one attached hydrogen (secondary N) is 2. The summed E-state index contributed by atoms with van der Waals surface area (Å²) in [5.41, 5.74) is 2.79. The van der Waals surface area contributed by atoms with Gasteiger partial charge in [-0.1, -0.05) is 30.3 Å². The molecule has 23 heavy (non-hydrogen) atoms. The number of carbonyl (C=O) groups excluding carboxylic acids is 1. The molecule has 0 radical (unpaired) electrons. The number of aliphatic hydroxyl groups is 1. The van der Waals surface area contributed by atoms with E-state index >= 15 is 0 Å². The van der Waals surface area contributed by atoms with Gasteiger partial charge in [0.15, 0.2) is 0 Å². The van der Waals surface area contributed by atoms with Gasteiger partial charge in [0, 0.05) is 35.9 Å². The predicted molar refractivity (Wildman–Crippen MR) is 91.3 cm³/mol. The van der Waals surface area contributed by atoms with Crippen molar-refractivity contribution < 1.29 is 9.90 Å². The number of aromatic nitrogens is 1. The van der Waals surface area contributed by atoms with Crippen molar-refractivity contribution in [2.45, 2.75) is 6.54 Å². The first-order valence-electron chi connectivity index (χ1n) is 7.54. The molecule has 0 fully saturated rings. The van der Waals surface area contributed by atoms with Crippen LogP contribution in [0.15, 0.2) is 60.8 Å². The molecule has 1 heterocycles. The van der Waals surface area contributed by atoms with Gasteiger partial charge in [0.25, 0.3) is 0 Å². The molecule has 0 bridgehead atoms. The highest BCUT2D eigenvalue weighted by Gasteiger charge is 2.14. The highest BCUT2D eigenvalue weighted by molar-refractivity contribution is 5.92. The molecule has 2 amide bonds. The van der Waals surface area contributed by atoms with Crippen LogP contribution in [0.3, 0.4) is 0 Å². The van der Waals surface area contributed by atoms with Crippen molar-refractivity contribution in [3.05, 3.63) is 66.4 Å². The molecule has 0 aliphatic carbocycles. The summed E-state index contributed by atoms with van der Waals surface area (Å²) >= 11 is 0. The monoisotopic (exact) mass is 309 g/mol. The molecule has 3 rings (SSSR count). The maximum Gasteiger partial charge on any atom is 0.322 e. The van der Waals surface area contributed by atoms with Crippen LogP contribution in [0.25, 0.3) is 10.9 Å². The van der Waals surface area contributed by atoms with Crippen LogP contribution in [-0.2, 0) is 6.54 Å². The van der Waals surface area contributed by atoms with Crippen LogP contribution >= 0.6 is 0 Å². The SMILES string of the molecule is O=C(Nc1ccc2[nH]ccc2c1)N(CCO)Cc1ccccc1. The standard InChI is InChI=1S/C18H19N3O2/c22-11-10-21(13-14-4-2-1-3-5-14)18(23)20-16-6-7-17-15(12-16)8-9-19-17/h1-9,12,19,22H,10-11,13H2,(H,20,23). The zero-order chi connectivity index (χ0) is 16.1. The topological polar surface area (TPSA) is 68.4 Å². The maximum atomic E-state index is 12.5. The molecule has 3 N–H and O–H groups in total. The van der Waals surface area contributed by atoms with Crippen molar-refractivity contribution in [3.63, 3.8) is 0 Å². The lowest BCUT2D eigenvalue weighted by atomic mass is 10.2. The van der Waals surface area contributed by atoms with Gasteiger partial charge in [0.2, 0.25) is 0 Å². The molecule has 1 aromatic heterocycles. The van der Waals surface area contributed by atoms with Gasteiger partial charge in [0.1, 0.15) is 0 Å². The van der Waals surface area contributed by atoms with Crippen molar-refractivity contribution in [1.29, 1.82) is 0 Å². The Morgan fingerprint density at radius 3 is 2.74 bits per heavy atom. The molecule has 0 saturated heterocycles. The van der Waals surface area contributed by atoms with Gasteiger partial charge in [-0.3, -0.25) is 0 Å². The first-order valence-corrected chi connectivity index (χ1v) is 7.54. The minimum absolute atomic E-state index is 0.0723. The number of nitrogens with zero attached hydrogens (tertiary/aromatic N) is 1. The van der Waals surface area contributed by atoms with E-state index in [1.807, 2.05) is 60.8 Å². The van der Waals surface area contributed by atoms with E-state index in [1.165, 1.54) is 0 Å². The van der Waals surface area contributed by atoms with Gasteiger partial charge in [-0.2, -0.15) is 0 Å². The largest absolute Gasteiger partial charge is 0.395 e. The Morgan fingerprint density at radius 1 is 1.13 bits per heavy atom. The van der Waals surface area contributed by atoms with Gasteiger partial charge in [-0.15, -0.1) is 0 Å². The normalized spacial score (nSPS) is 10.7. The quantitative estimate of drug-likeness (QED) is 0.677. The van der Waals surface area contributed by atoms with Crippen LogP contribution in [0.5, 0.6) is 0 Å². The highest BCUT2D eigenvalue weighted by atomic mass is 16.3. The van der Waals surface area contributed by atoms with Crippen molar-refractivity contribution >= 4 is 22.6 Å². The molecule has 0 saturated carbocycles. The van der Waals surface area contributed by atoms with Crippen LogP contribution in [0.4, 0.5) is 10.5 Å². The summed E-state index contributed by atoms with van der Waals surface area (Å²) < 4.78 is 0. The molecule has 0 atom stereocenters. The second kappa shape index (κ2) is 6.98. The summed E-state index contributed by atoms with van der Waals surface area (Å²) in [5, 5.41) is 13.1. The van der Waals surface area contributed by atoms with E-state index in [4.69, 9.17) is 0 Å². The van der Waals surface area contributed by atoms with Gasteiger partial charge in [-0.05, 0) is 29.8 Å². The summed E-state index contributed by atoms with van der Waals surface area (Å²) in [6.45, 7) is 0.670. The van der Waals surface area contributed by atoms with Crippen LogP contribution in [0.1, 0.15) is 5.56 Å². The molecule has 0 aliphatic rings. The number of hydrogen-bond acceptors (Lipinski definition) is 2. The van der Waals surface area contributed by atoms with Crippen molar-refractivity contribution in [3.8, 4) is 0 Å². The summed E-state index contributed by atoms with van der Waals surface area (Å²) in [6, 6.07) is 17.2. The lowest BCUT2D eigenvalue weighted by Crippen LogP contribution is -2.36. The Bertz CT molecular complexity index is 783. The van der Waals surface area contributed by atoms with Gasteiger partial charge in [0.05, 0.1) is 6.61 Å². The van der Waals surface area contributed by atoms with E-state index in [2.05, 4.69) is 10.3 Å². The maximum absolute atomic E-state index is 12.5. The average molecular weight is 309 g/mol. The fourth-order valence-corrected chi connectivity index (χ4v) is 2.51. The summed E-state index contributed by atoms with van der Waals surface area (Å²) in [7, 11) is 0. The fourth-order valence-electron chi connectivity index (χ4n) is 2.51. The number of aliphatic hydroxyl groups excluding tert-OH is 1. The van der Waals surface area contributed by atoms with E-state index in [1.54, 1.807) is 4.90 Å². The first kappa shape index (κ1) is 15.1. The molecular formula is C18H19N3O2. The molecule has 2 aromatic carbocycles. The second-order valence-electron chi connectivity index (χ2n) is 5.34. The summed E-state index contributed by atoms with van der Waals surface area (Å²) in [4.78, 5) is 17.2. The minimum atomic E-state index is -0.224. The number of rotatable bonds is 5. The van der Waals surface area contributed by atoms with Crippen LogP contribution in [-0.4, -0.2) is 34.2 Å². The number of fused-ring (bicyclic) bond motifs is 1. The number of urea groups is 1. The zero-order valence-electron chi connectivity index (χ0n) is 12.7. The van der Waals surface area contributed by atoms with Gasteiger partial charge in [-0.25, -0.2) is 4.79 Å². The first-order chi connectivity index (χ1) is 11.3. The van der Waals surface area contributed by atoms with E-state index in [-0.39, 0.29) is 19.2 Å². The summed E-state index contributed by atoms with van der Waals surface area (Å²) in [5.74, 6) is 0. The highest BCUT2D eigenvalue weighted by Crippen LogP contribution is 2.18. The van der Waals surface area contributed by atoms with E-state index in [0.29, 0.717) is 6.54 Å². The molecule has 0 aliphatic heterocycles. The molecule has 0 unspecified atom stereocenters. The Labute approximate surface area is 134 Å². The molecule has 0 spiro atoms. The third-order valence-corrected chi connectivity index (χ3v) is 3.68. The van der Waals surface area contributed by atoms with E-state index in [9.17, 15) is 9.90 Å². The third-order valence-electron chi connectivity index (χ3n) is 3.68. The Kier molecular flexibility index (Phi) is 4.59. The van der Waals surface area contributed by atoms with E-state index < -0.39 is 0 Å². The van der Waals surface area contributed by atoms with E-state index in [0.717, 1.165) is 22.2 Å². The number of benzene rings is 2. The lowest BCUT2D eigenvalue weighted by Gasteiger charge is -2.22. The molecule has 5 nitrogen and oxygen atoms in total. The minimum Gasteiger partial charge on any atom is -0.395 e. The molecule has 118 valence electrons. The van der Waals surface area contributed by atoms with Crippen LogP contribution in [0, 0.1) is 0 Å². The number of hydrogen-bond donors (Lipinski definition) is 3. The molecule has 5 heteroatoms. The Hall–Kier alpha value is -2.79. The Balaban J connectivity index is 1.72. The molecular weight excluding hydrogens is 290 g/mol. The average Bonchev–Trinajstić information content (AvgIpc) is 3.03. The zero-order valence-corrected chi connectivity index (χ0v) is 12.7. The number of H-pyrrole nitrogens is 1. The van der Waals surface area contributed by atoms with Crippen LogP contribution in [0.2, 0.25) is 0 Å². The van der Waals surface area contributed by atoms with Crippen molar-refractivity contribution in [2.75, 3.05) is 18.5 Å². The number of carbonyl (C=O) groups is 1. The van der Waals surface area contributed by atoms with Crippen LogP contribution < -0.4 is 5.32 Å². The number of amides is 2. The lowest BCUT2D eigenvalue weighted by molar-refractivity contribution is 0.185. The van der Waals surface area contributed by atoms with Gasteiger partial charge >= 0.3 is 6.03 Å². The third kappa shape index (κ3) is 3.70. The fraction of sp³-hybridized carbons (Fsp3) is 0.167. The van der Waals surface area contributed by atoms with Gasteiger partial charge < -0.3 is 20.3 Å².